The van der Waals surface area contributed by atoms with Gasteiger partial charge >= 0.3 is 5.97 Å². The quantitative estimate of drug-likeness (QED) is 0.431. The summed E-state index contributed by atoms with van der Waals surface area (Å²) >= 11 is 0. The van der Waals surface area contributed by atoms with E-state index in [-0.39, 0.29) is 5.97 Å². The second-order valence-electron chi connectivity index (χ2n) is 3.91. The second-order valence-corrected chi connectivity index (χ2v) is 3.91. The summed E-state index contributed by atoms with van der Waals surface area (Å²) in [5.41, 5.74) is 0.427. The number of hydrogen-bond acceptors (Lipinski definition) is 4. The van der Waals surface area contributed by atoms with Gasteiger partial charge in [0.2, 0.25) is 0 Å². The minimum Gasteiger partial charge on any atom is -0.497 e. The molecule has 104 valence electrons. The lowest BCUT2D eigenvalue weighted by atomic mass is 10.2. The molecule has 1 aromatic rings. The number of carbonyl (C=O) groups is 1. The predicted octanol–water partition coefficient (Wildman–Crippen LogP) is 3.22. The summed E-state index contributed by atoms with van der Waals surface area (Å²) in [4.78, 5) is 11.9. The normalized spacial score (nSPS) is 10.5. The molecule has 4 nitrogen and oxygen atoms in total. The highest BCUT2D eigenvalue weighted by Crippen LogP contribution is 2.22. The van der Waals surface area contributed by atoms with Crippen LogP contribution in [0.15, 0.2) is 30.4 Å². The molecule has 0 heterocycles. The molecule has 0 amide bonds. The molecule has 1 rings (SSSR count). The Morgan fingerprint density at radius 1 is 1.11 bits per heavy atom. The average molecular weight is 264 g/mol. The molecule has 0 aliphatic heterocycles. The van der Waals surface area contributed by atoms with Crippen molar-refractivity contribution in [2.24, 2.45) is 0 Å². The first kappa shape index (κ1) is 15.1. The van der Waals surface area contributed by atoms with Gasteiger partial charge in [0.1, 0.15) is 11.5 Å². The van der Waals surface area contributed by atoms with E-state index in [4.69, 9.17) is 14.2 Å². The topological polar surface area (TPSA) is 44.8 Å². The zero-order valence-electron chi connectivity index (χ0n) is 11.6. The Morgan fingerprint density at radius 3 is 2.26 bits per heavy atom. The Labute approximate surface area is 114 Å². The molecule has 19 heavy (non-hydrogen) atoms. The van der Waals surface area contributed by atoms with Gasteiger partial charge in [-0.05, 0) is 25.0 Å². The zero-order chi connectivity index (χ0) is 14.1. The summed E-state index contributed by atoms with van der Waals surface area (Å²) in [6.45, 7) is 2.43. The molecule has 0 saturated heterocycles. The van der Waals surface area contributed by atoms with Crippen molar-refractivity contribution in [1.82, 2.24) is 0 Å². The van der Waals surface area contributed by atoms with Crippen LogP contribution in [-0.4, -0.2) is 26.8 Å². The van der Waals surface area contributed by atoms with E-state index in [1.54, 1.807) is 32.4 Å². The van der Waals surface area contributed by atoms with Gasteiger partial charge in [0.15, 0.2) is 0 Å². The third-order valence-corrected chi connectivity index (χ3v) is 2.51. The molecule has 0 aliphatic carbocycles. The van der Waals surface area contributed by atoms with Crippen molar-refractivity contribution < 1.29 is 19.0 Å². The van der Waals surface area contributed by atoms with E-state index in [2.05, 4.69) is 6.92 Å². The SMILES string of the molecule is CCC=CCCOC(=O)c1cc(OC)cc(OC)c1. The lowest BCUT2D eigenvalue weighted by molar-refractivity contribution is 0.0511. The van der Waals surface area contributed by atoms with E-state index in [9.17, 15) is 4.79 Å². The van der Waals surface area contributed by atoms with Gasteiger partial charge in [0.05, 0.1) is 26.4 Å². The standard InChI is InChI=1S/C15H20O4/c1-4-5-6-7-8-19-15(16)12-9-13(17-2)11-14(10-12)18-3/h5-6,9-11H,4,7-8H2,1-3H3. The van der Waals surface area contributed by atoms with Gasteiger partial charge < -0.3 is 14.2 Å². The molecular weight excluding hydrogens is 244 g/mol. The molecule has 1 aromatic carbocycles. The van der Waals surface area contributed by atoms with Crippen molar-refractivity contribution in [2.75, 3.05) is 20.8 Å². The van der Waals surface area contributed by atoms with Crippen molar-refractivity contribution in [3.05, 3.63) is 35.9 Å². The average Bonchev–Trinajstić information content (AvgIpc) is 2.46. The minimum atomic E-state index is -0.373. The zero-order valence-corrected chi connectivity index (χ0v) is 11.6. The van der Waals surface area contributed by atoms with Crippen LogP contribution in [0.5, 0.6) is 11.5 Å². The van der Waals surface area contributed by atoms with Crippen LogP contribution >= 0.6 is 0 Å². The highest BCUT2D eigenvalue weighted by molar-refractivity contribution is 5.90. The van der Waals surface area contributed by atoms with Gasteiger partial charge in [-0.2, -0.15) is 0 Å². The molecular formula is C15H20O4. The van der Waals surface area contributed by atoms with Gasteiger partial charge in [-0.15, -0.1) is 0 Å². The van der Waals surface area contributed by atoms with Crippen LogP contribution in [0.2, 0.25) is 0 Å². The summed E-state index contributed by atoms with van der Waals surface area (Å²) in [6.07, 6.45) is 5.75. The Kier molecular flexibility index (Phi) is 6.50. The van der Waals surface area contributed by atoms with Crippen LogP contribution in [0.4, 0.5) is 0 Å². The van der Waals surface area contributed by atoms with Crippen LogP contribution in [0, 0.1) is 0 Å². The van der Waals surface area contributed by atoms with Crippen LogP contribution < -0.4 is 9.47 Å². The lowest BCUT2D eigenvalue weighted by Crippen LogP contribution is -2.06. The predicted molar refractivity (Wildman–Crippen MR) is 73.9 cm³/mol. The Bertz CT molecular complexity index is 416. The van der Waals surface area contributed by atoms with Crippen molar-refractivity contribution in [3.63, 3.8) is 0 Å². The molecule has 0 N–H and O–H groups in total. The Hall–Kier alpha value is -1.97. The summed E-state index contributed by atoms with van der Waals surface area (Å²) in [7, 11) is 3.08. The van der Waals surface area contributed by atoms with Gasteiger partial charge in [0.25, 0.3) is 0 Å². The van der Waals surface area contributed by atoms with Crippen molar-refractivity contribution in [1.29, 1.82) is 0 Å². The number of hydrogen-bond donors (Lipinski definition) is 0. The number of methoxy groups -OCH3 is 2. The summed E-state index contributed by atoms with van der Waals surface area (Å²) < 4.78 is 15.4. The fraction of sp³-hybridized carbons (Fsp3) is 0.400. The van der Waals surface area contributed by atoms with E-state index in [1.807, 2.05) is 12.2 Å². The van der Waals surface area contributed by atoms with Crippen LogP contribution in [0.25, 0.3) is 0 Å². The maximum atomic E-state index is 11.9. The molecule has 0 saturated carbocycles. The van der Waals surface area contributed by atoms with E-state index < -0.39 is 0 Å². The molecule has 0 fully saturated rings. The third kappa shape index (κ3) is 5.04. The first-order valence-corrected chi connectivity index (χ1v) is 6.26. The Balaban J connectivity index is 2.63. The van der Waals surface area contributed by atoms with Crippen molar-refractivity contribution >= 4 is 5.97 Å². The fourth-order valence-electron chi connectivity index (χ4n) is 1.51. The van der Waals surface area contributed by atoms with Gasteiger partial charge in [0, 0.05) is 6.07 Å². The molecule has 0 aromatic heterocycles. The van der Waals surface area contributed by atoms with Gasteiger partial charge in [-0.25, -0.2) is 4.79 Å². The largest absolute Gasteiger partial charge is 0.497 e. The molecule has 0 radical (unpaired) electrons. The summed E-state index contributed by atoms with van der Waals surface area (Å²) in [6, 6.07) is 4.97. The number of esters is 1. The minimum absolute atomic E-state index is 0.370. The molecule has 0 atom stereocenters. The Morgan fingerprint density at radius 2 is 1.74 bits per heavy atom. The first-order chi connectivity index (χ1) is 9.21. The third-order valence-electron chi connectivity index (χ3n) is 2.51. The van der Waals surface area contributed by atoms with Crippen LogP contribution in [0.1, 0.15) is 30.1 Å². The molecule has 4 heteroatoms. The maximum absolute atomic E-state index is 11.9. The molecule has 0 spiro atoms. The van der Waals surface area contributed by atoms with Gasteiger partial charge in [-0.3, -0.25) is 0 Å². The monoisotopic (exact) mass is 264 g/mol. The summed E-state index contributed by atoms with van der Waals surface area (Å²) in [5.74, 6) is 0.761. The number of benzene rings is 1. The van der Waals surface area contributed by atoms with Crippen LogP contribution in [0.3, 0.4) is 0 Å². The number of rotatable bonds is 7. The molecule has 0 bridgehead atoms. The highest BCUT2D eigenvalue weighted by Gasteiger charge is 2.10. The van der Waals surface area contributed by atoms with Crippen molar-refractivity contribution in [2.45, 2.75) is 19.8 Å². The summed E-state index contributed by atoms with van der Waals surface area (Å²) in [5, 5.41) is 0. The second kappa shape index (κ2) is 8.19. The van der Waals surface area contributed by atoms with Gasteiger partial charge in [-0.1, -0.05) is 19.1 Å². The van der Waals surface area contributed by atoms with E-state index in [1.165, 1.54) is 0 Å². The number of ether oxygens (including phenoxy) is 3. The lowest BCUT2D eigenvalue weighted by Gasteiger charge is -2.08. The fourth-order valence-corrected chi connectivity index (χ4v) is 1.51. The van der Waals surface area contributed by atoms with E-state index >= 15 is 0 Å². The smallest absolute Gasteiger partial charge is 0.338 e. The number of carbonyl (C=O) groups excluding carboxylic acids is 1. The maximum Gasteiger partial charge on any atom is 0.338 e. The van der Waals surface area contributed by atoms with E-state index in [0.717, 1.165) is 12.8 Å². The highest BCUT2D eigenvalue weighted by atomic mass is 16.5. The van der Waals surface area contributed by atoms with Crippen molar-refractivity contribution in [3.8, 4) is 11.5 Å². The molecule has 0 unspecified atom stereocenters. The van der Waals surface area contributed by atoms with E-state index in [0.29, 0.717) is 23.7 Å². The first-order valence-electron chi connectivity index (χ1n) is 6.26. The van der Waals surface area contributed by atoms with Crippen LogP contribution in [-0.2, 0) is 4.74 Å². The molecule has 0 aliphatic rings. The number of allylic oxidation sites excluding steroid dienone is 1.